The van der Waals surface area contributed by atoms with Gasteiger partial charge in [-0.15, -0.1) is 0 Å². The van der Waals surface area contributed by atoms with E-state index >= 15 is 0 Å². The minimum Gasteiger partial charge on any atom is -0.465 e. The Morgan fingerprint density at radius 3 is 2.14 bits per heavy atom. The third-order valence-electron chi connectivity index (χ3n) is 8.15. The van der Waals surface area contributed by atoms with Crippen molar-refractivity contribution in [1.29, 1.82) is 0 Å². The third kappa shape index (κ3) is 4.85. The van der Waals surface area contributed by atoms with Crippen LogP contribution >= 0.6 is 11.6 Å². The molecule has 0 aromatic heterocycles. The van der Waals surface area contributed by atoms with E-state index in [2.05, 4.69) is 17.4 Å². The molecule has 1 N–H and O–H groups in total. The van der Waals surface area contributed by atoms with Crippen LogP contribution in [-0.2, 0) is 25.0 Å². The average molecular weight is 531 g/mol. The summed E-state index contributed by atoms with van der Waals surface area (Å²) < 4.78 is 31.0. The van der Waals surface area contributed by atoms with Crippen molar-refractivity contribution in [2.24, 2.45) is 17.8 Å². The van der Waals surface area contributed by atoms with Crippen LogP contribution in [0.4, 0.5) is 11.4 Å². The number of ether oxygens (including phenoxy) is 1. The SMILES string of the molecule is COC(=O)c1cc(NC(=O)CN(c2ccc(C34CC5CC(CC(C5)C3)C4)cc2)S(C)(=O)=O)ccc1Cl. The van der Waals surface area contributed by atoms with E-state index in [1.165, 1.54) is 69.4 Å². The third-order valence-corrected chi connectivity index (χ3v) is 9.62. The highest BCUT2D eigenvalue weighted by Gasteiger charge is 2.51. The molecule has 4 saturated carbocycles. The molecule has 4 aliphatic carbocycles. The smallest absolute Gasteiger partial charge is 0.339 e. The van der Waals surface area contributed by atoms with Gasteiger partial charge in [0.1, 0.15) is 6.54 Å². The minimum absolute atomic E-state index is 0.109. The molecular weight excluding hydrogens is 500 g/mol. The summed E-state index contributed by atoms with van der Waals surface area (Å²) in [4.78, 5) is 24.7. The number of esters is 1. The Morgan fingerprint density at radius 1 is 1.03 bits per heavy atom. The number of methoxy groups -OCH3 is 1. The van der Waals surface area contributed by atoms with Gasteiger partial charge in [-0.3, -0.25) is 9.10 Å². The van der Waals surface area contributed by atoms with E-state index in [4.69, 9.17) is 16.3 Å². The Morgan fingerprint density at radius 2 is 1.61 bits per heavy atom. The lowest BCUT2D eigenvalue weighted by Crippen LogP contribution is -2.48. The number of hydrogen-bond acceptors (Lipinski definition) is 5. The summed E-state index contributed by atoms with van der Waals surface area (Å²) in [5.41, 5.74) is 2.38. The molecule has 0 aliphatic heterocycles. The van der Waals surface area contributed by atoms with Gasteiger partial charge in [0, 0.05) is 5.69 Å². The number of hydrogen-bond donors (Lipinski definition) is 1. The maximum atomic E-state index is 12.8. The number of sulfonamides is 1. The highest BCUT2D eigenvalue weighted by Crippen LogP contribution is 2.60. The van der Waals surface area contributed by atoms with Crippen LogP contribution in [0.5, 0.6) is 0 Å². The first-order valence-corrected chi connectivity index (χ1v) is 14.5. The number of benzene rings is 2. The summed E-state index contributed by atoms with van der Waals surface area (Å²) in [5, 5.41) is 2.84. The van der Waals surface area contributed by atoms with Gasteiger partial charge in [-0.05, 0) is 97.6 Å². The molecule has 2 aromatic rings. The van der Waals surface area contributed by atoms with Crippen molar-refractivity contribution in [1.82, 2.24) is 0 Å². The fourth-order valence-corrected chi connectivity index (χ4v) is 8.10. The van der Waals surface area contributed by atoms with Gasteiger partial charge in [0.05, 0.1) is 29.6 Å². The van der Waals surface area contributed by atoms with Gasteiger partial charge in [-0.1, -0.05) is 23.7 Å². The number of nitrogens with one attached hydrogen (secondary N) is 1. The van der Waals surface area contributed by atoms with Crippen molar-refractivity contribution in [2.45, 2.75) is 43.9 Å². The van der Waals surface area contributed by atoms with Crippen molar-refractivity contribution >= 4 is 44.9 Å². The molecule has 0 heterocycles. The summed E-state index contributed by atoms with van der Waals surface area (Å²) in [6.07, 6.45) is 8.86. The zero-order chi connectivity index (χ0) is 25.7. The molecule has 4 fully saturated rings. The molecule has 36 heavy (non-hydrogen) atoms. The number of anilines is 2. The van der Waals surface area contributed by atoms with Gasteiger partial charge < -0.3 is 10.1 Å². The Kier molecular flexibility index (Phi) is 6.53. The van der Waals surface area contributed by atoms with Crippen LogP contribution in [0.15, 0.2) is 42.5 Å². The van der Waals surface area contributed by atoms with Crippen LogP contribution in [0.1, 0.15) is 54.4 Å². The molecule has 9 heteroatoms. The number of carbonyl (C=O) groups excluding carboxylic acids is 2. The molecule has 192 valence electrons. The number of amides is 1. The van der Waals surface area contributed by atoms with Gasteiger partial charge in [-0.2, -0.15) is 0 Å². The highest BCUT2D eigenvalue weighted by atomic mass is 35.5. The van der Waals surface area contributed by atoms with E-state index in [0.29, 0.717) is 11.4 Å². The summed E-state index contributed by atoms with van der Waals surface area (Å²) in [6.45, 7) is -0.397. The van der Waals surface area contributed by atoms with Crippen LogP contribution < -0.4 is 9.62 Å². The van der Waals surface area contributed by atoms with E-state index in [1.807, 2.05) is 12.1 Å². The van der Waals surface area contributed by atoms with E-state index in [0.717, 1.165) is 28.3 Å². The molecule has 4 aliphatic rings. The first-order valence-electron chi connectivity index (χ1n) is 12.3. The molecule has 0 radical (unpaired) electrons. The molecule has 4 bridgehead atoms. The predicted octanol–water partition coefficient (Wildman–Crippen LogP) is 5.00. The summed E-state index contributed by atoms with van der Waals surface area (Å²) >= 11 is 6.04. The van der Waals surface area contributed by atoms with Gasteiger partial charge in [-0.25, -0.2) is 13.2 Å². The van der Waals surface area contributed by atoms with Crippen LogP contribution in [0.25, 0.3) is 0 Å². The second kappa shape index (κ2) is 9.38. The second-order valence-electron chi connectivity index (χ2n) is 10.7. The monoisotopic (exact) mass is 530 g/mol. The first kappa shape index (κ1) is 25.1. The van der Waals surface area contributed by atoms with Gasteiger partial charge in [0.2, 0.25) is 15.9 Å². The van der Waals surface area contributed by atoms with E-state index in [1.54, 1.807) is 0 Å². The number of rotatable bonds is 7. The highest BCUT2D eigenvalue weighted by molar-refractivity contribution is 7.92. The fraction of sp³-hybridized carbons (Fsp3) is 0.481. The molecule has 0 unspecified atom stereocenters. The van der Waals surface area contributed by atoms with Crippen LogP contribution in [-0.4, -0.2) is 40.2 Å². The standard InChI is InChI=1S/C27H31ClN2O5S/c1-35-26(32)23-12-21(5-8-24(23)28)29-25(31)16-30(36(2,33)34)22-6-3-20(4-7-22)27-13-17-9-18(14-27)11-19(10-17)15-27/h3-8,12,17-19H,9-11,13-16H2,1-2H3,(H,29,31). The van der Waals surface area contributed by atoms with Crippen LogP contribution in [0, 0.1) is 17.8 Å². The fourth-order valence-electron chi connectivity index (χ4n) is 7.05. The normalized spacial score (nSPS) is 26.5. The lowest BCUT2D eigenvalue weighted by Gasteiger charge is -2.57. The van der Waals surface area contributed by atoms with Crippen LogP contribution in [0.3, 0.4) is 0 Å². The second-order valence-corrected chi connectivity index (χ2v) is 13.1. The molecule has 7 nitrogen and oxygen atoms in total. The van der Waals surface area contributed by atoms with Crippen molar-refractivity contribution < 1.29 is 22.7 Å². The average Bonchev–Trinajstić information content (AvgIpc) is 2.82. The minimum atomic E-state index is -3.72. The molecule has 0 saturated heterocycles. The Balaban J connectivity index is 1.33. The van der Waals surface area contributed by atoms with Crippen molar-refractivity contribution in [3.63, 3.8) is 0 Å². The molecular formula is C27H31ClN2O5S. The van der Waals surface area contributed by atoms with Crippen LogP contribution in [0.2, 0.25) is 5.02 Å². The molecule has 2 aromatic carbocycles. The Bertz CT molecular complexity index is 1260. The molecule has 0 spiro atoms. The lowest BCUT2D eigenvalue weighted by atomic mass is 9.48. The van der Waals surface area contributed by atoms with E-state index in [9.17, 15) is 18.0 Å². The first-order chi connectivity index (χ1) is 17.1. The summed E-state index contributed by atoms with van der Waals surface area (Å²) in [7, 11) is -2.48. The zero-order valence-corrected chi connectivity index (χ0v) is 22.1. The zero-order valence-electron chi connectivity index (χ0n) is 20.5. The largest absolute Gasteiger partial charge is 0.465 e. The summed E-state index contributed by atoms with van der Waals surface area (Å²) in [5.74, 6) is 1.29. The van der Waals surface area contributed by atoms with Crippen molar-refractivity contribution in [3.8, 4) is 0 Å². The van der Waals surface area contributed by atoms with Crippen molar-refractivity contribution in [3.05, 3.63) is 58.6 Å². The number of nitrogens with zero attached hydrogens (tertiary/aromatic N) is 1. The van der Waals surface area contributed by atoms with Gasteiger partial charge in [0.25, 0.3) is 0 Å². The van der Waals surface area contributed by atoms with Gasteiger partial charge in [0.15, 0.2) is 0 Å². The molecule has 0 atom stereocenters. The predicted molar refractivity (Wildman–Crippen MR) is 140 cm³/mol. The summed E-state index contributed by atoms with van der Waals surface area (Å²) in [6, 6.07) is 12.2. The topological polar surface area (TPSA) is 92.8 Å². The van der Waals surface area contributed by atoms with Crippen molar-refractivity contribution in [2.75, 3.05) is 29.5 Å². The van der Waals surface area contributed by atoms with Gasteiger partial charge >= 0.3 is 5.97 Å². The number of halogens is 1. The Labute approximate surface area is 217 Å². The quantitative estimate of drug-likeness (QED) is 0.508. The van der Waals surface area contributed by atoms with E-state index in [-0.39, 0.29) is 16.0 Å². The maximum absolute atomic E-state index is 12.8. The van der Waals surface area contributed by atoms with E-state index < -0.39 is 28.4 Å². The maximum Gasteiger partial charge on any atom is 0.339 e. The lowest BCUT2D eigenvalue weighted by molar-refractivity contribution is -0.114. The molecule has 1 amide bonds. The number of carbonyl (C=O) groups is 2. The Hall–Kier alpha value is -2.58. The molecule has 6 rings (SSSR count).